The number of rotatable bonds is 3. The molecule has 0 aromatic rings. The molecular formula is C35H52O8. The van der Waals surface area contributed by atoms with Gasteiger partial charge < -0.3 is 33.9 Å². The van der Waals surface area contributed by atoms with Crippen molar-refractivity contribution in [3.8, 4) is 0 Å². The van der Waals surface area contributed by atoms with Crippen LogP contribution in [0.2, 0.25) is 0 Å². The molecule has 2 bridgehead atoms. The summed E-state index contributed by atoms with van der Waals surface area (Å²) in [6.45, 7) is 12.7. The summed E-state index contributed by atoms with van der Waals surface area (Å²) in [5, 5.41) is 23.1. The van der Waals surface area contributed by atoms with E-state index in [-0.39, 0.29) is 30.8 Å². The van der Waals surface area contributed by atoms with Gasteiger partial charge in [-0.3, -0.25) is 4.79 Å². The number of allylic oxidation sites excluding steroid dienone is 2. The van der Waals surface area contributed by atoms with Crippen LogP contribution in [-0.2, 0) is 28.5 Å². The Balaban J connectivity index is 1.54. The van der Waals surface area contributed by atoms with Gasteiger partial charge in [0.2, 0.25) is 0 Å². The molecule has 3 fully saturated rings. The lowest BCUT2D eigenvalue weighted by molar-refractivity contribution is -0.340. The highest BCUT2D eigenvalue weighted by molar-refractivity contribution is 5.78. The molecule has 4 aliphatic heterocycles. The van der Waals surface area contributed by atoms with Crippen molar-refractivity contribution in [1.29, 1.82) is 0 Å². The third-order valence-corrected chi connectivity index (χ3v) is 10.7. The average Bonchev–Trinajstić information content (AvgIpc) is 3.31. The Labute approximate surface area is 257 Å². The first-order chi connectivity index (χ1) is 20.4. The Bertz CT molecular complexity index is 1150. The summed E-state index contributed by atoms with van der Waals surface area (Å²) in [5.41, 5.74) is 0.507. The number of aliphatic hydroxyl groups excluding tert-OH is 1. The summed E-state index contributed by atoms with van der Waals surface area (Å²) < 4.78 is 31.8. The molecular weight excluding hydrogens is 548 g/mol. The van der Waals surface area contributed by atoms with Crippen LogP contribution in [0, 0.1) is 23.7 Å². The lowest BCUT2D eigenvalue weighted by atomic mass is 9.71. The Morgan fingerprint density at radius 3 is 2.65 bits per heavy atom. The molecule has 0 amide bonds. The highest BCUT2D eigenvalue weighted by Gasteiger charge is 2.60. The van der Waals surface area contributed by atoms with E-state index in [2.05, 4.69) is 40.7 Å². The highest BCUT2D eigenvalue weighted by atomic mass is 16.7. The standard InChI is InChI=1S/C35H52O8/c1-8-20(2)31-23(5)14-15-34(43-31)18-27-17-26(42-34)13-12-22(4)30(39-7)21(3)10-9-11-25-19-40-32-29(36)24(6)16-28(33(37)41-27)35(25,32)38/h9-12,16,20-21,23,26-32,36,38H,8,13-15,17-19H2,1-7H3/b10-9+,22-12+,25-11+. The van der Waals surface area contributed by atoms with Crippen LogP contribution >= 0.6 is 0 Å². The minimum absolute atomic E-state index is 0.0458. The molecule has 240 valence electrons. The lowest BCUT2D eigenvalue weighted by Gasteiger charge is -2.51. The minimum atomic E-state index is -1.72. The zero-order chi connectivity index (χ0) is 31.1. The number of carbonyl (C=O) groups excluding carboxylic acids is 1. The molecule has 4 heterocycles. The van der Waals surface area contributed by atoms with E-state index in [1.54, 1.807) is 26.2 Å². The Kier molecular flexibility index (Phi) is 9.77. The fraction of sp³-hybridized carbons (Fsp3) is 0.743. The molecule has 0 saturated carbocycles. The van der Waals surface area contributed by atoms with E-state index in [1.807, 2.05) is 12.2 Å². The summed E-state index contributed by atoms with van der Waals surface area (Å²) in [6.07, 6.45) is 11.2. The first-order valence-corrected chi connectivity index (χ1v) is 16.3. The molecule has 0 radical (unpaired) electrons. The predicted octanol–water partition coefficient (Wildman–Crippen LogP) is 5.19. The van der Waals surface area contributed by atoms with Gasteiger partial charge in [0.1, 0.15) is 29.8 Å². The van der Waals surface area contributed by atoms with E-state index in [0.29, 0.717) is 42.2 Å². The first-order valence-electron chi connectivity index (χ1n) is 16.3. The van der Waals surface area contributed by atoms with Gasteiger partial charge in [-0.25, -0.2) is 0 Å². The average molecular weight is 601 g/mol. The number of ether oxygens (including phenoxy) is 5. The summed E-state index contributed by atoms with van der Waals surface area (Å²) in [5.74, 6) is -1.54. The molecule has 2 N–H and O–H groups in total. The van der Waals surface area contributed by atoms with Crippen LogP contribution in [0.5, 0.6) is 0 Å². The van der Waals surface area contributed by atoms with Crippen LogP contribution < -0.4 is 0 Å². The van der Waals surface area contributed by atoms with Crippen molar-refractivity contribution < 1.29 is 38.7 Å². The monoisotopic (exact) mass is 600 g/mol. The molecule has 12 atom stereocenters. The van der Waals surface area contributed by atoms with Crippen LogP contribution in [0.15, 0.2) is 47.1 Å². The van der Waals surface area contributed by atoms with E-state index in [9.17, 15) is 15.0 Å². The quantitative estimate of drug-likeness (QED) is 0.337. The van der Waals surface area contributed by atoms with Crippen molar-refractivity contribution in [3.63, 3.8) is 0 Å². The normalized spacial score (nSPS) is 47.8. The Morgan fingerprint density at radius 2 is 1.93 bits per heavy atom. The van der Waals surface area contributed by atoms with Crippen molar-refractivity contribution in [2.45, 2.75) is 128 Å². The maximum absolute atomic E-state index is 14.0. The minimum Gasteiger partial charge on any atom is -0.462 e. The summed E-state index contributed by atoms with van der Waals surface area (Å²) in [4.78, 5) is 14.0. The van der Waals surface area contributed by atoms with Gasteiger partial charge in [-0.1, -0.05) is 64.5 Å². The van der Waals surface area contributed by atoms with Gasteiger partial charge in [0.25, 0.3) is 0 Å². The molecule has 5 rings (SSSR count). The highest BCUT2D eigenvalue weighted by Crippen LogP contribution is 2.48. The van der Waals surface area contributed by atoms with Crippen LogP contribution in [0.25, 0.3) is 0 Å². The number of aliphatic hydroxyl groups is 2. The Hall–Kier alpha value is -1.81. The first kappa shape index (κ1) is 32.6. The van der Waals surface area contributed by atoms with Crippen LogP contribution in [-0.4, -0.2) is 77.9 Å². The summed E-state index contributed by atoms with van der Waals surface area (Å²) >= 11 is 0. The van der Waals surface area contributed by atoms with Crippen LogP contribution in [0.4, 0.5) is 0 Å². The van der Waals surface area contributed by atoms with Gasteiger partial charge in [-0.15, -0.1) is 0 Å². The molecule has 0 aromatic carbocycles. The van der Waals surface area contributed by atoms with Crippen molar-refractivity contribution in [2.75, 3.05) is 13.7 Å². The second kappa shape index (κ2) is 12.9. The van der Waals surface area contributed by atoms with Crippen LogP contribution in [0.1, 0.15) is 80.1 Å². The number of fused-ring (bicyclic) bond motifs is 2. The molecule has 12 unspecified atom stereocenters. The predicted molar refractivity (Wildman–Crippen MR) is 163 cm³/mol. The molecule has 5 aliphatic rings. The summed E-state index contributed by atoms with van der Waals surface area (Å²) in [6, 6.07) is 0. The molecule has 43 heavy (non-hydrogen) atoms. The van der Waals surface area contributed by atoms with E-state index in [1.165, 1.54) is 0 Å². The second-order valence-electron chi connectivity index (χ2n) is 13.8. The van der Waals surface area contributed by atoms with Gasteiger partial charge in [0, 0.05) is 32.3 Å². The van der Waals surface area contributed by atoms with Gasteiger partial charge in [0.05, 0.1) is 24.9 Å². The maximum atomic E-state index is 14.0. The summed E-state index contributed by atoms with van der Waals surface area (Å²) in [7, 11) is 1.72. The van der Waals surface area contributed by atoms with E-state index in [0.717, 1.165) is 24.8 Å². The third kappa shape index (κ3) is 6.21. The molecule has 3 saturated heterocycles. The lowest BCUT2D eigenvalue weighted by Crippen LogP contribution is -2.58. The third-order valence-electron chi connectivity index (χ3n) is 10.7. The van der Waals surface area contributed by atoms with Gasteiger partial charge in [-0.2, -0.15) is 0 Å². The molecule has 0 aromatic heterocycles. The SMILES string of the molecule is CCC(C)C1OC2(CCC1C)CC1CC(C/C=C(\C)C(OC)C(C)/C=C/C=C3\COC4C(O)C(C)=CC(C(=O)O1)C34O)O2. The number of hydrogen-bond acceptors (Lipinski definition) is 8. The van der Waals surface area contributed by atoms with Gasteiger partial charge >= 0.3 is 5.97 Å². The number of esters is 1. The van der Waals surface area contributed by atoms with E-state index in [4.69, 9.17) is 23.7 Å². The largest absolute Gasteiger partial charge is 0.462 e. The van der Waals surface area contributed by atoms with Crippen LogP contribution in [0.3, 0.4) is 0 Å². The zero-order valence-electron chi connectivity index (χ0n) is 27.0. The molecule has 1 aliphatic carbocycles. The fourth-order valence-electron chi connectivity index (χ4n) is 7.94. The fourth-order valence-corrected chi connectivity index (χ4v) is 7.94. The van der Waals surface area contributed by atoms with E-state index >= 15 is 0 Å². The van der Waals surface area contributed by atoms with Crippen molar-refractivity contribution in [2.24, 2.45) is 23.7 Å². The van der Waals surface area contributed by atoms with Crippen molar-refractivity contribution >= 4 is 5.97 Å². The second-order valence-corrected chi connectivity index (χ2v) is 13.8. The number of methoxy groups -OCH3 is 1. The van der Waals surface area contributed by atoms with Crippen molar-refractivity contribution in [3.05, 3.63) is 47.1 Å². The topological polar surface area (TPSA) is 104 Å². The molecule has 8 nitrogen and oxygen atoms in total. The molecule has 8 heteroatoms. The molecule has 1 spiro atoms. The Morgan fingerprint density at radius 1 is 1.16 bits per heavy atom. The van der Waals surface area contributed by atoms with E-state index < -0.39 is 41.6 Å². The van der Waals surface area contributed by atoms with Crippen molar-refractivity contribution in [1.82, 2.24) is 0 Å². The zero-order valence-corrected chi connectivity index (χ0v) is 27.0. The maximum Gasteiger partial charge on any atom is 0.316 e. The number of carbonyl (C=O) groups is 1. The van der Waals surface area contributed by atoms with Gasteiger partial charge in [0.15, 0.2) is 5.79 Å². The number of hydrogen-bond donors (Lipinski definition) is 2. The van der Waals surface area contributed by atoms with Gasteiger partial charge in [-0.05, 0) is 55.2 Å². The smallest absolute Gasteiger partial charge is 0.316 e.